The second-order valence-electron chi connectivity index (χ2n) is 6.40. The van der Waals surface area contributed by atoms with E-state index >= 15 is 0 Å². The first-order valence-corrected chi connectivity index (χ1v) is 9.21. The van der Waals surface area contributed by atoms with Crippen molar-refractivity contribution in [3.8, 4) is 0 Å². The van der Waals surface area contributed by atoms with Crippen molar-refractivity contribution in [2.75, 3.05) is 5.73 Å². The third-order valence-electron chi connectivity index (χ3n) is 4.41. The highest BCUT2D eigenvalue weighted by Crippen LogP contribution is 2.24. The highest BCUT2D eigenvalue weighted by Gasteiger charge is 2.24. The van der Waals surface area contributed by atoms with E-state index in [1.165, 1.54) is 0 Å². The summed E-state index contributed by atoms with van der Waals surface area (Å²) in [6.45, 7) is 2.40. The van der Waals surface area contributed by atoms with Crippen LogP contribution in [0.15, 0.2) is 24.3 Å². The monoisotopic (exact) mass is 358 g/mol. The number of aryl methyl sites for hydroxylation is 1. The molecule has 1 fully saturated rings. The molecule has 132 valence electrons. The van der Waals surface area contributed by atoms with Gasteiger partial charge in [-0.1, -0.05) is 42.7 Å². The number of benzene rings is 1. The van der Waals surface area contributed by atoms with E-state index in [9.17, 15) is 9.59 Å². The second kappa shape index (κ2) is 7.65. The molecule has 4 N–H and O–H groups in total. The number of nitrogens with zero attached hydrogens (tertiary/aromatic N) is 1. The van der Waals surface area contributed by atoms with Gasteiger partial charge < -0.3 is 16.4 Å². The molecule has 1 aliphatic rings. The van der Waals surface area contributed by atoms with Gasteiger partial charge in [-0.25, -0.2) is 0 Å². The number of hydrogen-bond acceptors (Lipinski definition) is 5. The molecule has 25 heavy (non-hydrogen) atoms. The van der Waals surface area contributed by atoms with Crippen LogP contribution in [-0.4, -0.2) is 22.2 Å². The van der Waals surface area contributed by atoms with Gasteiger partial charge in [0.25, 0.3) is 11.8 Å². The van der Waals surface area contributed by atoms with Gasteiger partial charge in [-0.05, 0) is 36.9 Å². The molecule has 0 spiro atoms. The van der Waals surface area contributed by atoms with Crippen molar-refractivity contribution >= 4 is 29.0 Å². The molecule has 2 aromatic rings. The zero-order valence-corrected chi connectivity index (χ0v) is 15.0. The quantitative estimate of drug-likeness (QED) is 0.765. The van der Waals surface area contributed by atoms with Crippen LogP contribution in [0.25, 0.3) is 0 Å². The predicted molar refractivity (Wildman–Crippen MR) is 98.6 cm³/mol. The molecule has 0 saturated heterocycles. The summed E-state index contributed by atoms with van der Waals surface area (Å²) in [5, 5.41) is 5.77. The predicted octanol–water partition coefficient (Wildman–Crippen LogP) is 2.64. The van der Waals surface area contributed by atoms with Crippen molar-refractivity contribution in [2.24, 2.45) is 0 Å². The molecule has 1 heterocycles. The molecule has 0 bridgehead atoms. The molecule has 0 radical (unpaired) electrons. The Bertz CT molecular complexity index is 764. The van der Waals surface area contributed by atoms with Gasteiger partial charge in [0, 0.05) is 12.6 Å². The van der Waals surface area contributed by atoms with Crippen LogP contribution in [0.5, 0.6) is 0 Å². The van der Waals surface area contributed by atoms with Crippen molar-refractivity contribution in [2.45, 2.75) is 45.2 Å². The van der Waals surface area contributed by atoms with Gasteiger partial charge in [0.05, 0.1) is 5.69 Å². The van der Waals surface area contributed by atoms with Gasteiger partial charge >= 0.3 is 0 Å². The molecule has 0 atom stereocenters. The highest BCUT2D eigenvalue weighted by atomic mass is 32.1. The minimum atomic E-state index is -0.366. The lowest BCUT2D eigenvalue weighted by atomic mass is 10.1. The van der Waals surface area contributed by atoms with Gasteiger partial charge in [0.2, 0.25) is 0 Å². The Morgan fingerprint density at radius 3 is 2.56 bits per heavy atom. The van der Waals surface area contributed by atoms with Crippen LogP contribution in [0.2, 0.25) is 0 Å². The van der Waals surface area contributed by atoms with E-state index < -0.39 is 0 Å². The highest BCUT2D eigenvalue weighted by molar-refractivity contribution is 7.09. The fourth-order valence-corrected chi connectivity index (χ4v) is 3.62. The zero-order valence-electron chi connectivity index (χ0n) is 14.2. The summed E-state index contributed by atoms with van der Waals surface area (Å²) in [4.78, 5) is 24.9. The van der Waals surface area contributed by atoms with Crippen LogP contribution >= 0.6 is 11.5 Å². The Labute approximate surface area is 151 Å². The molecule has 7 heteroatoms. The standard InChI is InChI=1S/C18H22N4O2S/c1-11-6-8-12(9-7-11)10-20-17(23)15-14(19)16(25-22-15)18(24)21-13-4-2-3-5-13/h6-9,13H,2-5,10,19H2,1H3,(H,20,23)(H,21,24). The average Bonchev–Trinajstić information content (AvgIpc) is 3.23. The van der Waals surface area contributed by atoms with Crippen LogP contribution in [-0.2, 0) is 6.54 Å². The number of nitrogen functional groups attached to an aromatic ring is 1. The molecular weight excluding hydrogens is 336 g/mol. The lowest BCUT2D eigenvalue weighted by Gasteiger charge is -2.10. The SMILES string of the molecule is Cc1ccc(CNC(=O)c2nsc(C(=O)NC3CCCC3)c2N)cc1. The number of hydrogen-bond donors (Lipinski definition) is 3. The average molecular weight is 358 g/mol. The summed E-state index contributed by atoms with van der Waals surface area (Å²) >= 11 is 0.972. The first-order chi connectivity index (χ1) is 12.0. The minimum Gasteiger partial charge on any atom is -0.395 e. The molecule has 0 unspecified atom stereocenters. The van der Waals surface area contributed by atoms with Crippen LogP contribution in [0.1, 0.15) is 57.0 Å². The Kier molecular flexibility index (Phi) is 5.33. The Balaban J connectivity index is 1.62. The maximum Gasteiger partial charge on any atom is 0.273 e. The Morgan fingerprint density at radius 1 is 1.20 bits per heavy atom. The molecule has 1 aliphatic carbocycles. The van der Waals surface area contributed by atoms with E-state index in [2.05, 4.69) is 15.0 Å². The normalized spacial score (nSPS) is 14.4. The maximum absolute atomic E-state index is 12.3. The lowest BCUT2D eigenvalue weighted by Crippen LogP contribution is -2.32. The molecule has 3 rings (SSSR count). The van der Waals surface area contributed by atoms with Crippen LogP contribution in [0, 0.1) is 6.92 Å². The molecule has 1 aromatic carbocycles. The van der Waals surface area contributed by atoms with Crippen LogP contribution in [0.3, 0.4) is 0 Å². The van der Waals surface area contributed by atoms with Gasteiger partial charge in [-0.15, -0.1) is 0 Å². The van der Waals surface area contributed by atoms with E-state index in [1.807, 2.05) is 31.2 Å². The van der Waals surface area contributed by atoms with E-state index in [0.29, 0.717) is 11.4 Å². The number of carbonyl (C=O) groups excluding carboxylic acids is 2. The van der Waals surface area contributed by atoms with Crippen molar-refractivity contribution in [1.29, 1.82) is 0 Å². The summed E-state index contributed by atoms with van der Waals surface area (Å²) in [5.41, 5.74) is 8.42. The van der Waals surface area contributed by atoms with Gasteiger partial charge in [0.1, 0.15) is 4.88 Å². The molecule has 2 amide bonds. The van der Waals surface area contributed by atoms with E-state index in [-0.39, 0.29) is 29.2 Å². The van der Waals surface area contributed by atoms with E-state index in [0.717, 1.165) is 48.3 Å². The smallest absolute Gasteiger partial charge is 0.273 e. The fraction of sp³-hybridized carbons (Fsp3) is 0.389. The second-order valence-corrected chi connectivity index (χ2v) is 7.17. The fourth-order valence-electron chi connectivity index (χ4n) is 2.92. The molecule has 1 saturated carbocycles. The number of nitrogens with two attached hydrogens (primary N) is 1. The largest absolute Gasteiger partial charge is 0.395 e. The van der Waals surface area contributed by atoms with Gasteiger partial charge in [-0.2, -0.15) is 4.37 Å². The lowest BCUT2D eigenvalue weighted by molar-refractivity contribution is 0.0941. The van der Waals surface area contributed by atoms with Gasteiger partial charge in [0.15, 0.2) is 5.69 Å². The van der Waals surface area contributed by atoms with E-state index in [4.69, 9.17) is 5.73 Å². The van der Waals surface area contributed by atoms with Crippen LogP contribution < -0.4 is 16.4 Å². The number of anilines is 1. The zero-order chi connectivity index (χ0) is 17.8. The first kappa shape index (κ1) is 17.4. The number of amides is 2. The molecular formula is C18H22N4O2S. The molecule has 1 aromatic heterocycles. The summed E-state index contributed by atoms with van der Waals surface area (Å²) in [6, 6.07) is 8.10. The van der Waals surface area contributed by atoms with Crippen molar-refractivity contribution in [1.82, 2.24) is 15.0 Å². The van der Waals surface area contributed by atoms with Crippen molar-refractivity contribution < 1.29 is 9.59 Å². The molecule has 6 nitrogen and oxygen atoms in total. The van der Waals surface area contributed by atoms with Crippen molar-refractivity contribution in [3.05, 3.63) is 46.0 Å². The number of aromatic nitrogens is 1. The summed E-state index contributed by atoms with van der Waals surface area (Å²) in [5.74, 6) is -0.603. The van der Waals surface area contributed by atoms with Gasteiger partial charge in [-0.3, -0.25) is 9.59 Å². The first-order valence-electron chi connectivity index (χ1n) is 8.44. The summed E-state index contributed by atoms with van der Waals surface area (Å²) in [6.07, 6.45) is 4.26. The van der Waals surface area contributed by atoms with Crippen LogP contribution in [0.4, 0.5) is 5.69 Å². The number of rotatable bonds is 5. The summed E-state index contributed by atoms with van der Waals surface area (Å²) < 4.78 is 4.08. The van der Waals surface area contributed by atoms with E-state index in [1.54, 1.807) is 0 Å². The minimum absolute atomic E-state index is 0.119. The van der Waals surface area contributed by atoms with Crippen molar-refractivity contribution in [3.63, 3.8) is 0 Å². The molecule has 0 aliphatic heterocycles. The number of carbonyl (C=O) groups is 2. The maximum atomic E-state index is 12.3. The number of nitrogens with one attached hydrogen (secondary N) is 2. The Morgan fingerprint density at radius 2 is 1.88 bits per heavy atom. The Hall–Kier alpha value is -2.41. The summed E-state index contributed by atoms with van der Waals surface area (Å²) in [7, 11) is 0. The topological polar surface area (TPSA) is 97.1 Å². The third-order valence-corrected chi connectivity index (χ3v) is 5.28. The third kappa shape index (κ3) is 4.17.